The van der Waals surface area contributed by atoms with Gasteiger partial charge in [0.2, 0.25) is 0 Å². The highest BCUT2D eigenvalue weighted by Crippen LogP contribution is 2.26. The summed E-state index contributed by atoms with van der Waals surface area (Å²) in [6.07, 6.45) is 2.02. The molecule has 0 amide bonds. The molecular weight excluding hydrogens is 222 g/mol. The number of phenols is 1. The molecule has 3 aromatic rings. The Hall–Kier alpha value is -2.22. The summed E-state index contributed by atoms with van der Waals surface area (Å²) >= 11 is 0. The molecule has 3 rings (SSSR count). The number of phenolic OH excluding ortho intramolecular Hbond substituents is 1. The smallest absolute Gasteiger partial charge is 0.124 e. The van der Waals surface area contributed by atoms with Crippen molar-refractivity contribution >= 4 is 10.9 Å². The number of aryl methyl sites for hydroxylation is 1. The van der Waals surface area contributed by atoms with Crippen LogP contribution in [-0.2, 0) is 6.54 Å². The Morgan fingerprint density at radius 1 is 1.00 bits per heavy atom. The zero-order chi connectivity index (χ0) is 12.5. The lowest BCUT2D eigenvalue weighted by Crippen LogP contribution is -1.99. The zero-order valence-corrected chi connectivity index (χ0v) is 10.3. The summed E-state index contributed by atoms with van der Waals surface area (Å²) in [4.78, 5) is 0. The van der Waals surface area contributed by atoms with Crippen molar-refractivity contribution in [2.75, 3.05) is 0 Å². The van der Waals surface area contributed by atoms with Crippen molar-refractivity contribution in [2.24, 2.45) is 0 Å². The Morgan fingerprint density at radius 2 is 1.83 bits per heavy atom. The summed E-state index contributed by atoms with van der Waals surface area (Å²) in [6, 6.07) is 16.0. The second-order valence-electron chi connectivity index (χ2n) is 4.58. The van der Waals surface area contributed by atoms with Crippen molar-refractivity contribution in [1.29, 1.82) is 0 Å². The third-order valence-corrected chi connectivity index (χ3v) is 3.39. The maximum atomic E-state index is 9.79. The molecule has 0 saturated heterocycles. The fraction of sp³-hybridized carbons (Fsp3) is 0.125. The maximum absolute atomic E-state index is 9.79. The molecule has 2 nitrogen and oxygen atoms in total. The van der Waals surface area contributed by atoms with E-state index in [-0.39, 0.29) is 0 Å². The molecule has 2 aromatic carbocycles. The number of aromatic hydroxyl groups is 1. The van der Waals surface area contributed by atoms with Crippen LogP contribution in [0.3, 0.4) is 0 Å². The van der Waals surface area contributed by atoms with Crippen LogP contribution in [0.5, 0.6) is 5.75 Å². The third-order valence-electron chi connectivity index (χ3n) is 3.39. The Morgan fingerprint density at radius 3 is 2.67 bits per heavy atom. The third kappa shape index (κ3) is 1.76. The zero-order valence-electron chi connectivity index (χ0n) is 10.3. The van der Waals surface area contributed by atoms with E-state index < -0.39 is 0 Å². The van der Waals surface area contributed by atoms with E-state index >= 15 is 0 Å². The van der Waals surface area contributed by atoms with Gasteiger partial charge in [-0.25, -0.2) is 0 Å². The molecule has 0 unspecified atom stereocenters. The SMILES string of the molecule is Cc1ccccc1Cn1ccc2c(O)cccc21. The van der Waals surface area contributed by atoms with Crippen LogP contribution in [0.25, 0.3) is 10.9 Å². The quantitative estimate of drug-likeness (QED) is 0.722. The van der Waals surface area contributed by atoms with Crippen LogP contribution in [-0.4, -0.2) is 9.67 Å². The highest BCUT2D eigenvalue weighted by Gasteiger charge is 2.05. The minimum atomic E-state index is 0.344. The van der Waals surface area contributed by atoms with Gasteiger partial charge in [-0.05, 0) is 36.2 Å². The van der Waals surface area contributed by atoms with Gasteiger partial charge in [0.15, 0.2) is 0 Å². The van der Waals surface area contributed by atoms with Gasteiger partial charge >= 0.3 is 0 Å². The van der Waals surface area contributed by atoms with Crippen LogP contribution in [0.15, 0.2) is 54.7 Å². The first kappa shape index (κ1) is 10.9. The minimum Gasteiger partial charge on any atom is -0.507 e. The lowest BCUT2D eigenvalue weighted by Gasteiger charge is -2.08. The van der Waals surface area contributed by atoms with Crippen LogP contribution >= 0.6 is 0 Å². The predicted octanol–water partition coefficient (Wildman–Crippen LogP) is 3.70. The Balaban J connectivity index is 2.06. The predicted molar refractivity (Wildman–Crippen MR) is 73.9 cm³/mol. The molecule has 0 aliphatic rings. The number of hydrogen-bond donors (Lipinski definition) is 1. The number of benzene rings is 2. The number of aromatic nitrogens is 1. The van der Waals surface area contributed by atoms with Crippen molar-refractivity contribution in [3.8, 4) is 5.75 Å². The molecule has 1 heterocycles. The van der Waals surface area contributed by atoms with Gasteiger partial charge < -0.3 is 9.67 Å². The van der Waals surface area contributed by atoms with Gasteiger partial charge in [-0.15, -0.1) is 0 Å². The molecule has 0 spiro atoms. The molecule has 0 aliphatic carbocycles. The van der Waals surface area contributed by atoms with E-state index in [1.165, 1.54) is 11.1 Å². The van der Waals surface area contributed by atoms with Crippen LogP contribution < -0.4 is 0 Å². The number of fused-ring (bicyclic) bond motifs is 1. The molecule has 1 aromatic heterocycles. The molecule has 0 fully saturated rings. The summed E-state index contributed by atoms with van der Waals surface area (Å²) in [5, 5.41) is 10.7. The van der Waals surface area contributed by atoms with Gasteiger partial charge in [0, 0.05) is 18.1 Å². The molecule has 0 saturated carbocycles. The van der Waals surface area contributed by atoms with E-state index in [4.69, 9.17) is 0 Å². The van der Waals surface area contributed by atoms with Crippen molar-refractivity contribution in [1.82, 2.24) is 4.57 Å². The standard InChI is InChI=1S/C16H15NO/c1-12-5-2-3-6-13(12)11-17-10-9-14-15(17)7-4-8-16(14)18/h2-10,18H,11H2,1H3. The number of rotatable bonds is 2. The summed E-state index contributed by atoms with van der Waals surface area (Å²) in [5.41, 5.74) is 3.66. The summed E-state index contributed by atoms with van der Waals surface area (Å²) in [5.74, 6) is 0.344. The first-order chi connectivity index (χ1) is 8.75. The van der Waals surface area contributed by atoms with Crippen molar-refractivity contribution < 1.29 is 5.11 Å². The summed E-state index contributed by atoms with van der Waals surface area (Å²) in [7, 11) is 0. The lowest BCUT2D eigenvalue weighted by atomic mass is 10.1. The Labute approximate surface area is 106 Å². The molecule has 0 bridgehead atoms. The van der Waals surface area contributed by atoms with Crippen LogP contribution in [0.2, 0.25) is 0 Å². The molecule has 0 atom stereocenters. The second-order valence-corrected chi connectivity index (χ2v) is 4.58. The fourth-order valence-corrected chi connectivity index (χ4v) is 2.32. The number of hydrogen-bond acceptors (Lipinski definition) is 1. The highest BCUT2D eigenvalue weighted by molar-refractivity contribution is 5.86. The molecule has 90 valence electrons. The highest BCUT2D eigenvalue weighted by atomic mass is 16.3. The van der Waals surface area contributed by atoms with Gasteiger partial charge in [0.05, 0.1) is 5.52 Å². The van der Waals surface area contributed by atoms with Gasteiger partial charge in [0.1, 0.15) is 5.75 Å². The van der Waals surface area contributed by atoms with E-state index in [0.29, 0.717) is 5.75 Å². The lowest BCUT2D eigenvalue weighted by molar-refractivity contribution is 0.481. The van der Waals surface area contributed by atoms with Crippen LogP contribution in [0.4, 0.5) is 0 Å². The Kier molecular flexibility index (Phi) is 2.56. The van der Waals surface area contributed by atoms with E-state index in [2.05, 4.69) is 35.8 Å². The van der Waals surface area contributed by atoms with Crippen LogP contribution in [0, 0.1) is 6.92 Å². The Bertz CT molecular complexity index is 697. The van der Waals surface area contributed by atoms with Crippen molar-refractivity contribution in [3.05, 3.63) is 65.9 Å². The summed E-state index contributed by atoms with van der Waals surface area (Å²) in [6.45, 7) is 2.96. The van der Waals surface area contributed by atoms with Gasteiger partial charge in [0.25, 0.3) is 0 Å². The van der Waals surface area contributed by atoms with Gasteiger partial charge in [-0.1, -0.05) is 30.3 Å². The van der Waals surface area contributed by atoms with Crippen molar-refractivity contribution in [2.45, 2.75) is 13.5 Å². The second kappa shape index (κ2) is 4.22. The minimum absolute atomic E-state index is 0.344. The normalized spacial score (nSPS) is 10.9. The largest absolute Gasteiger partial charge is 0.507 e. The molecule has 0 radical (unpaired) electrons. The van der Waals surface area contributed by atoms with E-state index in [0.717, 1.165) is 17.4 Å². The maximum Gasteiger partial charge on any atom is 0.124 e. The first-order valence-electron chi connectivity index (χ1n) is 6.07. The molecule has 0 aliphatic heterocycles. The van der Waals surface area contributed by atoms with E-state index in [1.54, 1.807) is 6.07 Å². The first-order valence-corrected chi connectivity index (χ1v) is 6.07. The monoisotopic (exact) mass is 237 g/mol. The van der Waals surface area contributed by atoms with E-state index in [9.17, 15) is 5.11 Å². The van der Waals surface area contributed by atoms with Crippen LogP contribution in [0.1, 0.15) is 11.1 Å². The van der Waals surface area contributed by atoms with Gasteiger partial charge in [-0.2, -0.15) is 0 Å². The summed E-state index contributed by atoms with van der Waals surface area (Å²) < 4.78 is 2.16. The topological polar surface area (TPSA) is 25.2 Å². The number of nitrogens with zero attached hydrogens (tertiary/aromatic N) is 1. The molecule has 18 heavy (non-hydrogen) atoms. The van der Waals surface area contributed by atoms with Gasteiger partial charge in [-0.3, -0.25) is 0 Å². The average molecular weight is 237 g/mol. The molecule has 2 heteroatoms. The average Bonchev–Trinajstić information content (AvgIpc) is 2.77. The van der Waals surface area contributed by atoms with E-state index in [1.807, 2.05) is 24.4 Å². The molecular formula is C16H15NO. The van der Waals surface area contributed by atoms with Crippen molar-refractivity contribution in [3.63, 3.8) is 0 Å². The molecule has 1 N–H and O–H groups in total. The fourth-order valence-electron chi connectivity index (χ4n) is 2.32.